The first kappa shape index (κ1) is 12.3. The molecule has 1 aliphatic carbocycles. The van der Waals surface area contributed by atoms with E-state index in [0.717, 1.165) is 30.1 Å². The standard InChI is InChI=1S/C15H20N2O2/c1-9(18)13(10-2-3-10)7-12-8-17-14-6-11(16)4-5-15(14)19-12/h4-6,10,12-13,17H,2-3,7-8,16H2,1H3. The number of ketones is 1. The summed E-state index contributed by atoms with van der Waals surface area (Å²) in [6.45, 7) is 2.45. The first-order chi connectivity index (χ1) is 9.13. The monoisotopic (exact) mass is 260 g/mol. The van der Waals surface area contributed by atoms with Crippen LogP contribution in [0.4, 0.5) is 11.4 Å². The number of ether oxygens (including phenoxy) is 1. The summed E-state index contributed by atoms with van der Waals surface area (Å²) in [4.78, 5) is 11.7. The molecule has 102 valence electrons. The molecular weight excluding hydrogens is 240 g/mol. The first-order valence-electron chi connectivity index (χ1n) is 6.94. The quantitative estimate of drug-likeness (QED) is 0.816. The number of anilines is 2. The van der Waals surface area contributed by atoms with E-state index in [1.54, 1.807) is 6.92 Å². The maximum Gasteiger partial charge on any atom is 0.143 e. The molecule has 2 atom stereocenters. The Hall–Kier alpha value is -1.71. The van der Waals surface area contributed by atoms with Crippen LogP contribution < -0.4 is 15.8 Å². The van der Waals surface area contributed by atoms with E-state index < -0.39 is 0 Å². The third-order valence-electron chi connectivity index (χ3n) is 4.05. The van der Waals surface area contributed by atoms with Gasteiger partial charge in [0.15, 0.2) is 0 Å². The molecule has 1 fully saturated rings. The Bertz CT molecular complexity index is 497. The number of rotatable bonds is 4. The average molecular weight is 260 g/mol. The van der Waals surface area contributed by atoms with Gasteiger partial charge in [0.05, 0.1) is 12.2 Å². The largest absolute Gasteiger partial charge is 0.486 e. The molecule has 0 spiro atoms. The predicted molar refractivity (Wildman–Crippen MR) is 75.3 cm³/mol. The van der Waals surface area contributed by atoms with E-state index in [9.17, 15) is 4.79 Å². The fourth-order valence-corrected chi connectivity index (χ4v) is 2.84. The molecule has 1 aromatic carbocycles. The number of nitrogens with one attached hydrogen (secondary N) is 1. The lowest BCUT2D eigenvalue weighted by atomic mass is 9.92. The Kier molecular flexibility index (Phi) is 3.09. The molecule has 1 heterocycles. The molecule has 4 nitrogen and oxygen atoms in total. The maximum atomic E-state index is 11.7. The number of carbonyl (C=O) groups excluding carboxylic acids is 1. The van der Waals surface area contributed by atoms with Crippen molar-refractivity contribution < 1.29 is 9.53 Å². The van der Waals surface area contributed by atoms with Crippen LogP contribution in [0.2, 0.25) is 0 Å². The summed E-state index contributed by atoms with van der Waals surface area (Å²) in [7, 11) is 0. The van der Waals surface area contributed by atoms with Crippen molar-refractivity contribution in [2.45, 2.75) is 32.3 Å². The third-order valence-corrected chi connectivity index (χ3v) is 4.05. The zero-order valence-electron chi connectivity index (χ0n) is 11.2. The summed E-state index contributed by atoms with van der Waals surface area (Å²) in [6, 6.07) is 5.62. The van der Waals surface area contributed by atoms with Crippen molar-refractivity contribution in [3.63, 3.8) is 0 Å². The van der Waals surface area contributed by atoms with Crippen LogP contribution in [0.15, 0.2) is 18.2 Å². The topological polar surface area (TPSA) is 64.4 Å². The molecule has 0 bridgehead atoms. The second kappa shape index (κ2) is 4.76. The van der Waals surface area contributed by atoms with Crippen molar-refractivity contribution in [3.05, 3.63) is 18.2 Å². The van der Waals surface area contributed by atoms with Crippen molar-refractivity contribution in [2.24, 2.45) is 11.8 Å². The molecule has 4 heteroatoms. The highest BCUT2D eigenvalue weighted by Gasteiger charge is 2.36. The van der Waals surface area contributed by atoms with Gasteiger partial charge in [0.1, 0.15) is 17.6 Å². The lowest BCUT2D eigenvalue weighted by Gasteiger charge is -2.29. The van der Waals surface area contributed by atoms with E-state index in [2.05, 4.69) is 5.32 Å². The molecule has 0 radical (unpaired) electrons. The molecule has 0 aromatic heterocycles. The number of Topliss-reactive ketones (excluding diaryl/α,β-unsaturated/α-hetero) is 1. The number of nitrogen functional groups attached to an aromatic ring is 1. The number of hydrogen-bond acceptors (Lipinski definition) is 4. The summed E-state index contributed by atoms with van der Waals surface area (Å²) in [5, 5.41) is 3.34. The fraction of sp³-hybridized carbons (Fsp3) is 0.533. The Morgan fingerprint density at radius 2 is 2.32 bits per heavy atom. The fourth-order valence-electron chi connectivity index (χ4n) is 2.84. The predicted octanol–water partition coefficient (Wildman–Crippen LogP) is 2.45. The summed E-state index contributed by atoms with van der Waals surface area (Å²) in [5.41, 5.74) is 7.42. The highest BCUT2D eigenvalue weighted by molar-refractivity contribution is 5.79. The van der Waals surface area contributed by atoms with E-state index in [1.807, 2.05) is 18.2 Å². The van der Waals surface area contributed by atoms with E-state index in [-0.39, 0.29) is 12.0 Å². The Balaban J connectivity index is 1.68. The Morgan fingerprint density at radius 3 is 3.00 bits per heavy atom. The van der Waals surface area contributed by atoms with Crippen LogP contribution in [0.25, 0.3) is 0 Å². The lowest BCUT2D eigenvalue weighted by Crippen LogP contribution is -2.34. The van der Waals surface area contributed by atoms with Gasteiger partial charge in [0, 0.05) is 11.6 Å². The minimum Gasteiger partial charge on any atom is -0.486 e. The Labute approximate surface area is 113 Å². The van der Waals surface area contributed by atoms with Gasteiger partial charge in [-0.2, -0.15) is 0 Å². The summed E-state index contributed by atoms with van der Waals surface area (Å²) < 4.78 is 5.98. The van der Waals surface area contributed by atoms with Gasteiger partial charge in [-0.05, 0) is 50.3 Å². The number of benzene rings is 1. The summed E-state index contributed by atoms with van der Waals surface area (Å²) in [6.07, 6.45) is 3.27. The first-order valence-corrected chi connectivity index (χ1v) is 6.94. The van der Waals surface area contributed by atoms with Crippen molar-refractivity contribution in [3.8, 4) is 5.75 Å². The van der Waals surface area contributed by atoms with E-state index in [0.29, 0.717) is 11.7 Å². The van der Waals surface area contributed by atoms with Crippen molar-refractivity contribution >= 4 is 17.2 Å². The smallest absolute Gasteiger partial charge is 0.143 e. The molecule has 1 aliphatic heterocycles. The van der Waals surface area contributed by atoms with Gasteiger partial charge in [0.2, 0.25) is 0 Å². The molecule has 3 N–H and O–H groups in total. The van der Waals surface area contributed by atoms with Crippen LogP contribution in [0.3, 0.4) is 0 Å². The third kappa shape index (κ3) is 2.67. The maximum absolute atomic E-state index is 11.7. The minimum absolute atomic E-state index is 0.0747. The number of hydrogen-bond donors (Lipinski definition) is 2. The second-order valence-corrected chi connectivity index (χ2v) is 5.67. The number of carbonyl (C=O) groups is 1. The van der Waals surface area contributed by atoms with Gasteiger partial charge < -0.3 is 15.8 Å². The molecule has 0 saturated heterocycles. The Morgan fingerprint density at radius 1 is 1.53 bits per heavy atom. The van der Waals surface area contributed by atoms with E-state index in [4.69, 9.17) is 10.5 Å². The van der Waals surface area contributed by atoms with Crippen LogP contribution >= 0.6 is 0 Å². The van der Waals surface area contributed by atoms with Crippen LogP contribution in [0.5, 0.6) is 5.75 Å². The van der Waals surface area contributed by atoms with Gasteiger partial charge in [-0.1, -0.05) is 0 Å². The second-order valence-electron chi connectivity index (χ2n) is 5.67. The van der Waals surface area contributed by atoms with Crippen LogP contribution in [0.1, 0.15) is 26.2 Å². The van der Waals surface area contributed by atoms with Gasteiger partial charge >= 0.3 is 0 Å². The molecule has 2 aliphatic rings. The molecule has 1 aromatic rings. The minimum atomic E-state index is 0.0747. The molecular formula is C15H20N2O2. The van der Waals surface area contributed by atoms with E-state index >= 15 is 0 Å². The normalized spacial score (nSPS) is 22.9. The number of fused-ring (bicyclic) bond motifs is 1. The van der Waals surface area contributed by atoms with E-state index in [1.165, 1.54) is 12.8 Å². The van der Waals surface area contributed by atoms with Crippen LogP contribution in [-0.2, 0) is 4.79 Å². The van der Waals surface area contributed by atoms with Gasteiger partial charge in [-0.15, -0.1) is 0 Å². The van der Waals surface area contributed by atoms with Gasteiger partial charge in [-0.3, -0.25) is 4.79 Å². The summed E-state index contributed by atoms with van der Waals surface area (Å²) in [5.74, 6) is 1.90. The SMILES string of the molecule is CC(=O)C(CC1CNc2cc(N)ccc2O1)C1CC1. The van der Waals surface area contributed by atoms with Gasteiger partial charge in [0.25, 0.3) is 0 Å². The lowest BCUT2D eigenvalue weighted by molar-refractivity contribution is -0.122. The van der Waals surface area contributed by atoms with Crippen molar-refractivity contribution in [1.82, 2.24) is 0 Å². The average Bonchev–Trinajstić information content (AvgIpc) is 3.20. The van der Waals surface area contributed by atoms with Crippen LogP contribution in [0, 0.1) is 11.8 Å². The van der Waals surface area contributed by atoms with Crippen molar-refractivity contribution in [1.29, 1.82) is 0 Å². The molecule has 0 amide bonds. The molecule has 2 unspecified atom stereocenters. The van der Waals surface area contributed by atoms with Gasteiger partial charge in [-0.25, -0.2) is 0 Å². The molecule has 1 saturated carbocycles. The zero-order valence-corrected chi connectivity index (χ0v) is 11.2. The van der Waals surface area contributed by atoms with Crippen molar-refractivity contribution in [2.75, 3.05) is 17.6 Å². The zero-order chi connectivity index (χ0) is 13.4. The highest BCUT2D eigenvalue weighted by atomic mass is 16.5. The van der Waals surface area contributed by atoms with Crippen LogP contribution in [-0.4, -0.2) is 18.4 Å². The summed E-state index contributed by atoms with van der Waals surface area (Å²) >= 11 is 0. The number of nitrogens with two attached hydrogens (primary N) is 1. The molecule has 3 rings (SSSR count). The highest BCUT2D eigenvalue weighted by Crippen LogP contribution is 2.41. The molecule has 19 heavy (non-hydrogen) atoms.